The van der Waals surface area contributed by atoms with Crippen LogP contribution in [0.4, 0.5) is 0 Å². The van der Waals surface area contributed by atoms with Crippen molar-refractivity contribution >= 4 is 27.0 Å². The Balaban J connectivity index is 2.22. The van der Waals surface area contributed by atoms with E-state index in [1.807, 2.05) is 24.3 Å². The maximum atomic E-state index is 4.45. The quantitative estimate of drug-likeness (QED) is 0.709. The minimum absolute atomic E-state index is 0.806. The van der Waals surface area contributed by atoms with E-state index in [9.17, 15) is 0 Å². The lowest BCUT2D eigenvalue weighted by Gasteiger charge is -1.88. The molecule has 2 heterocycles. The van der Waals surface area contributed by atoms with Gasteiger partial charge in [0, 0.05) is 10.7 Å². The maximum Gasteiger partial charge on any atom is 0.156 e. The Bertz CT molecular complexity index is 597. The zero-order chi connectivity index (χ0) is 10.3. The summed E-state index contributed by atoms with van der Waals surface area (Å²) >= 11 is 3.42. The van der Waals surface area contributed by atoms with Crippen molar-refractivity contribution in [3.05, 3.63) is 34.9 Å². The minimum atomic E-state index is 0.806. The predicted octanol–water partition coefficient (Wildman–Crippen LogP) is 2.72. The molecule has 0 aliphatic rings. The minimum Gasteiger partial charge on any atom is -0.337 e. The highest BCUT2D eigenvalue weighted by molar-refractivity contribution is 9.10. The molecule has 0 aliphatic carbocycles. The second-order valence-corrected chi connectivity index (χ2v) is 4.13. The number of rotatable bonds is 1. The Morgan fingerprint density at radius 2 is 2.13 bits per heavy atom. The Morgan fingerprint density at radius 1 is 1.20 bits per heavy atom. The highest BCUT2D eigenvalue weighted by atomic mass is 79.9. The summed E-state index contributed by atoms with van der Waals surface area (Å²) in [5.74, 6) is 0.806. The normalized spacial score (nSPS) is 11.0. The molecule has 0 aliphatic heterocycles. The second-order valence-electron chi connectivity index (χ2n) is 3.22. The number of aromatic nitrogens is 4. The van der Waals surface area contributed by atoms with Crippen LogP contribution in [0.25, 0.3) is 22.6 Å². The van der Waals surface area contributed by atoms with Gasteiger partial charge in [-0.3, -0.25) is 5.10 Å². The molecule has 74 valence electrons. The van der Waals surface area contributed by atoms with E-state index >= 15 is 0 Å². The Morgan fingerprint density at radius 3 is 2.93 bits per heavy atom. The van der Waals surface area contributed by atoms with Crippen molar-refractivity contribution in [2.75, 3.05) is 0 Å². The summed E-state index contributed by atoms with van der Waals surface area (Å²) in [5, 5.41) is 6.77. The fraction of sp³-hybridized carbons (Fsp3) is 0. The van der Waals surface area contributed by atoms with Crippen molar-refractivity contribution in [2.24, 2.45) is 0 Å². The van der Waals surface area contributed by atoms with Gasteiger partial charge in [-0.15, -0.1) is 0 Å². The lowest BCUT2D eigenvalue weighted by molar-refractivity contribution is 1.08. The first-order valence-electron chi connectivity index (χ1n) is 4.48. The number of nitrogens with zero attached hydrogens (tertiary/aromatic N) is 2. The van der Waals surface area contributed by atoms with E-state index in [-0.39, 0.29) is 0 Å². The molecule has 5 heteroatoms. The summed E-state index contributed by atoms with van der Waals surface area (Å²) in [6.07, 6.45) is 1.71. The molecule has 0 saturated heterocycles. The number of halogens is 1. The molecule has 0 unspecified atom stereocenters. The Labute approximate surface area is 93.9 Å². The van der Waals surface area contributed by atoms with Gasteiger partial charge in [-0.05, 0) is 24.3 Å². The van der Waals surface area contributed by atoms with Crippen molar-refractivity contribution < 1.29 is 0 Å². The van der Waals surface area contributed by atoms with Gasteiger partial charge in [0.15, 0.2) is 5.82 Å². The molecule has 0 saturated carbocycles. The second kappa shape index (κ2) is 3.20. The van der Waals surface area contributed by atoms with E-state index in [1.165, 1.54) is 0 Å². The van der Waals surface area contributed by atoms with E-state index in [1.54, 1.807) is 6.20 Å². The molecule has 3 aromatic rings. The van der Waals surface area contributed by atoms with Crippen LogP contribution >= 0.6 is 15.9 Å². The molecule has 2 N–H and O–H groups in total. The zero-order valence-corrected chi connectivity index (χ0v) is 9.25. The number of hydrogen-bond donors (Lipinski definition) is 2. The van der Waals surface area contributed by atoms with Crippen molar-refractivity contribution in [3.63, 3.8) is 0 Å². The van der Waals surface area contributed by atoms with Crippen LogP contribution in [0.15, 0.2) is 34.9 Å². The first kappa shape index (κ1) is 8.67. The SMILES string of the molecule is Brc1ccc2nc(-c3ccn[nH]3)[nH]c2c1. The lowest BCUT2D eigenvalue weighted by atomic mass is 10.3. The Kier molecular flexibility index (Phi) is 1.85. The van der Waals surface area contributed by atoms with Gasteiger partial charge in [-0.25, -0.2) is 4.98 Å². The van der Waals surface area contributed by atoms with Gasteiger partial charge in [0.1, 0.15) is 5.69 Å². The number of nitrogens with one attached hydrogen (secondary N) is 2. The Hall–Kier alpha value is -1.62. The number of imidazole rings is 1. The monoisotopic (exact) mass is 262 g/mol. The third kappa shape index (κ3) is 1.45. The number of fused-ring (bicyclic) bond motifs is 1. The molecule has 0 fully saturated rings. The molecule has 15 heavy (non-hydrogen) atoms. The predicted molar refractivity (Wildman–Crippen MR) is 61.4 cm³/mol. The fourth-order valence-electron chi connectivity index (χ4n) is 1.50. The van der Waals surface area contributed by atoms with Crippen LogP contribution < -0.4 is 0 Å². The van der Waals surface area contributed by atoms with Gasteiger partial charge in [0.05, 0.1) is 11.0 Å². The van der Waals surface area contributed by atoms with Crippen molar-refractivity contribution in [2.45, 2.75) is 0 Å². The van der Waals surface area contributed by atoms with Crippen LogP contribution in [0.1, 0.15) is 0 Å². The summed E-state index contributed by atoms with van der Waals surface area (Å²) in [7, 11) is 0. The van der Waals surface area contributed by atoms with Crippen LogP contribution in [-0.4, -0.2) is 20.2 Å². The number of H-pyrrole nitrogens is 2. The molecule has 0 radical (unpaired) electrons. The van der Waals surface area contributed by atoms with E-state index in [2.05, 4.69) is 36.1 Å². The summed E-state index contributed by atoms with van der Waals surface area (Å²) in [6.45, 7) is 0. The van der Waals surface area contributed by atoms with Gasteiger partial charge < -0.3 is 4.98 Å². The summed E-state index contributed by atoms with van der Waals surface area (Å²) in [5.41, 5.74) is 2.85. The van der Waals surface area contributed by atoms with Crippen molar-refractivity contribution in [1.29, 1.82) is 0 Å². The van der Waals surface area contributed by atoms with Crippen LogP contribution in [0.3, 0.4) is 0 Å². The molecule has 0 amide bonds. The average Bonchev–Trinajstić information content (AvgIpc) is 2.84. The maximum absolute atomic E-state index is 4.45. The average molecular weight is 263 g/mol. The summed E-state index contributed by atoms with van der Waals surface area (Å²) in [6, 6.07) is 7.82. The fourth-order valence-corrected chi connectivity index (χ4v) is 1.86. The third-order valence-corrected chi connectivity index (χ3v) is 2.69. The van der Waals surface area contributed by atoms with Gasteiger partial charge in [0.25, 0.3) is 0 Å². The van der Waals surface area contributed by atoms with E-state index in [0.29, 0.717) is 0 Å². The molecule has 4 nitrogen and oxygen atoms in total. The van der Waals surface area contributed by atoms with Gasteiger partial charge in [0.2, 0.25) is 0 Å². The van der Waals surface area contributed by atoms with E-state index in [4.69, 9.17) is 0 Å². The standard InChI is InChI=1S/C10H7BrN4/c11-6-1-2-7-9(5-6)14-10(13-7)8-3-4-12-15-8/h1-5H,(H,12,15)(H,13,14). The molecule has 0 spiro atoms. The molecule has 2 aromatic heterocycles. The largest absolute Gasteiger partial charge is 0.337 e. The molecule has 1 aromatic carbocycles. The van der Waals surface area contributed by atoms with Crippen LogP contribution in [0, 0.1) is 0 Å². The van der Waals surface area contributed by atoms with Crippen molar-refractivity contribution in [1.82, 2.24) is 20.2 Å². The third-order valence-electron chi connectivity index (χ3n) is 2.20. The number of benzene rings is 1. The summed E-state index contributed by atoms with van der Waals surface area (Å²) in [4.78, 5) is 7.68. The first-order chi connectivity index (χ1) is 7.33. The zero-order valence-electron chi connectivity index (χ0n) is 7.66. The lowest BCUT2D eigenvalue weighted by Crippen LogP contribution is -1.79. The van der Waals surface area contributed by atoms with Crippen LogP contribution in [-0.2, 0) is 0 Å². The van der Waals surface area contributed by atoms with Crippen LogP contribution in [0.5, 0.6) is 0 Å². The smallest absolute Gasteiger partial charge is 0.156 e. The van der Waals surface area contributed by atoms with E-state index < -0.39 is 0 Å². The highest BCUT2D eigenvalue weighted by Crippen LogP contribution is 2.21. The number of aromatic amines is 2. The van der Waals surface area contributed by atoms with Gasteiger partial charge in [-0.2, -0.15) is 5.10 Å². The number of hydrogen-bond acceptors (Lipinski definition) is 2. The molecule has 3 rings (SSSR count). The molecule has 0 bridgehead atoms. The van der Waals surface area contributed by atoms with Crippen molar-refractivity contribution in [3.8, 4) is 11.5 Å². The molecular weight excluding hydrogens is 256 g/mol. The van der Waals surface area contributed by atoms with E-state index in [0.717, 1.165) is 27.0 Å². The summed E-state index contributed by atoms with van der Waals surface area (Å²) < 4.78 is 1.04. The van der Waals surface area contributed by atoms with Gasteiger partial charge >= 0.3 is 0 Å². The molecule has 0 atom stereocenters. The molecular formula is C10H7BrN4. The first-order valence-corrected chi connectivity index (χ1v) is 5.27. The highest BCUT2D eigenvalue weighted by Gasteiger charge is 2.05. The topological polar surface area (TPSA) is 57.4 Å². The van der Waals surface area contributed by atoms with Gasteiger partial charge in [-0.1, -0.05) is 15.9 Å². The van der Waals surface area contributed by atoms with Crippen LogP contribution in [0.2, 0.25) is 0 Å².